The number of rotatable bonds is 5. The van der Waals surface area contributed by atoms with E-state index in [4.69, 9.17) is 20.8 Å². The lowest BCUT2D eigenvalue weighted by atomic mass is 10.2. The summed E-state index contributed by atoms with van der Waals surface area (Å²) < 4.78 is 51.0. The van der Waals surface area contributed by atoms with Gasteiger partial charge in [0.2, 0.25) is 5.91 Å². The van der Waals surface area contributed by atoms with Crippen molar-refractivity contribution in [3.05, 3.63) is 53.4 Å². The number of benzene rings is 1. The predicted octanol–water partition coefficient (Wildman–Crippen LogP) is 4.17. The first kappa shape index (κ1) is 22.1. The van der Waals surface area contributed by atoms with E-state index in [1.54, 1.807) is 17.0 Å². The third-order valence-corrected chi connectivity index (χ3v) is 5.57. The first-order valence-corrected chi connectivity index (χ1v) is 10.2. The van der Waals surface area contributed by atoms with E-state index in [0.717, 1.165) is 16.4 Å². The molecule has 0 unspecified atom stereocenters. The highest BCUT2D eigenvalue weighted by atomic mass is 35.5. The highest BCUT2D eigenvalue weighted by Gasteiger charge is 2.36. The van der Waals surface area contributed by atoms with Crippen molar-refractivity contribution in [1.82, 2.24) is 14.7 Å². The standard InChI is InChI=1S/C21H20ClF3N4O3/c1-31-18-11-14(4-5-15(18)22)27-6-8-28(9-7-27)20(30)13-29-16(17-3-2-10-32-17)12-19(26-29)21(23,24)25/h2-5,10-12H,6-9,13H2,1H3. The highest BCUT2D eigenvalue weighted by molar-refractivity contribution is 6.32. The van der Waals surface area contributed by atoms with Gasteiger partial charge in [-0.05, 0) is 30.3 Å². The van der Waals surface area contributed by atoms with E-state index < -0.39 is 11.9 Å². The number of alkyl halides is 3. The first-order chi connectivity index (χ1) is 15.3. The molecule has 32 heavy (non-hydrogen) atoms. The van der Waals surface area contributed by atoms with E-state index >= 15 is 0 Å². The Morgan fingerprint density at radius 3 is 2.56 bits per heavy atom. The molecule has 11 heteroatoms. The van der Waals surface area contributed by atoms with Crippen molar-refractivity contribution in [2.45, 2.75) is 12.7 Å². The van der Waals surface area contributed by atoms with Gasteiger partial charge in [0.15, 0.2) is 11.5 Å². The number of methoxy groups -OCH3 is 1. The van der Waals surface area contributed by atoms with Crippen LogP contribution < -0.4 is 9.64 Å². The monoisotopic (exact) mass is 468 g/mol. The molecule has 1 aliphatic rings. The minimum Gasteiger partial charge on any atom is -0.495 e. The molecule has 1 amide bonds. The van der Waals surface area contributed by atoms with Gasteiger partial charge in [-0.15, -0.1) is 0 Å². The number of aromatic nitrogens is 2. The van der Waals surface area contributed by atoms with E-state index in [1.165, 1.54) is 19.4 Å². The molecule has 0 bridgehead atoms. The van der Waals surface area contributed by atoms with Crippen molar-refractivity contribution < 1.29 is 27.1 Å². The zero-order chi connectivity index (χ0) is 22.9. The summed E-state index contributed by atoms with van der Waals surface area (Å²) in [6.45, 7) is 1.66. The smallest absolute Gasteiger partial charge is 0.435 e. The third-order valence-electron chi connectivity index (χ3n) is 5.26. The fourth-order valence-electron chi connectivity index (χ4n) is 3.59. The molecule has 2 aromatic heterocycles. The number of ether oxygens (including phenoxy) is 1. The normalized spacial score (nSPS) is 14.7. The van der Waals surface area contributed by atoms with Crippen LogP contribution in [0.25, 0.3) is 11.5 Å². The molecule has 170 valence electrons. The zero-order valence-corrected chi connectivity index (χ0v) is 17.9. The van der Waals surface area contributed by atoms with Crippen LogP contribution in [0.1, 0.15) is 5.69 Å². The van der Waals surface area contributed by atoms with Crippen molar-refractivity contribution in [1.29, 1.82) is 0 Å². The molecular formula is C21H20ClF3N4O3. The number of anilines is 1. The van der Waals surface area contributed by atoms with Gasteiger partial charge >= 0.3 is 6.18 Å². The first-order valence-electron chi connectivity index (χ1n) is 9.81. The second kappa shape index (κ2) is 8.78. The molecule has 1 aliphatic heterocycles. The van der Waals surface area contributed by atoms with Crippen LogP contribution in [0.5, 0.6) is 5.75 Å². The lowest BCUT2D eigenvalue weighted by molar-refractivity contribution is -0.142. The second-order valence-corrected chi connectivity index (χ2v) is 7.64. The molecule has 3 aromatic rings. The number of hydrogen-bond donors (Lipinski definition) is 0. The zero-order valence-electron chi connectivity index (χ0n) is 17.1. The van der Waals surface area contributed by atoms with Gasteiger partial charge in [0.25, 0.3) is 0 Å². The summed E-state index contributed by atoms with van der Waals surface area (Å²) in [6.07, 6.45) is -3.27. The Morgan fingerprint density at radius 1 is 1.19 bits per heavy atom. The Bertz CT molecular complexity index is 1090. The van der Waals surface area contributed by atoms with E-state index in [2.05, 4.69) is 10.00 Å². The van der Waals surface area contributed by atoms with Crippen LogP contribution >= 0.6 is 11.6 Å². The van der Waals surface area contributed by atoms with Gasteiger partial charge in [0.1, 0.15) is 18.0 Å². The summed E-state index contributed by atoms with van der Waals surface area (Å²) in [4.78, 5) is 16.5. The van der Waals surface area contributed by atoms with Gasteiger partial charge < -0.3 is 19.0 Å². The highest BCUT2D eigenvalue weighted by Crippen LogP contribution is 2.32. The minimum absolute atomic E-state index is 0.0996. The van der Waals surface area contributed by atoms with Crippen LogP contribution in [0, 0.1) is 0 Å². The molecule has 0 aliphatic carbocycles. The van der Waals surface area contributed by atoms with Gasteiger partial charge in [0, 0.05) is 37.9 Å². The molecule has 0 radical (unpaired) electrons. The van der Waals surface area contributed by atoms with Gasteiger partial charge in [-0.1, -0.05) is 11.6 Å². The van der Waals surface area contributed by atoms with E-state index in [-0.39, 0.29) is 23.9 Å². The van der Waals surface area contributed by atoms with Gasteiger partial charge in [-0.25, -0.2) is 0 Å². The van der Waals surface area contributed by atoms with Gasteiger partial charge in [0.05, 0.1) is 18.4 Å². The predicted molar refractivity (Wildman–Crippen MR) is 112 cm³/mol. The van der Waals surface area contributed by atoms with Crippen LogP contribution in [-0.4, -0.2) is 53.9 Å². The summed E-state index contributed by atoms with van der Waals surface area (Å²) >= 11 is 6.07. The molecule has 0 N–H and O–H groups in total. The number of halogens is 4. The average molecular weight is 469 g/mol. The van der Waals surface area contributed by atoms with Crippen molar-refractivity contribution in [2.24, 2.45) is 0 Å². The Morgan fingerprint density at radius 2 is 1.94 bits per heavy atom. The van der Waals surface area contributed by atoms with Crippen LogP contribution in [-0.2, 0) is 17.5 Å². The Kier molecular flexibility index (Phi) is 6.05. The molecule has 1 saturated heterocycles. The fourth-order valence-corrected chi connectivity index (χ4v) is 3.78. The van der Waals surface area contributed by atoms with Gasteiger partial charge in [-0.3, -0.25) is 9.48 Å². The quantitative estimate of drug-likeness (QED) is 0.562. The van der Waals surface area contributed by atoms with Gasteiger partial charge in [-0.2, -0.15) is 18.3 Å². The lowest BCUT2D eigenvalue weighted by Crippen LogP contribution is -2.49. The maximum atomic E-state index is 13.2. The number of furan rings is 1. The number of amides is 1. The summed E-state index contributed by atoms with van der Waals surface area (Å²) in [6, 6.07) is 9.43. The summed E-state index contributed by atoms with van der Waals surface area (Å²) in [5, 5.41) is 4.12. The maximum absolute atomic E-state index is 13.2. The van der Waals surface area contributed by atoms with Crippen LogP contribution in [0.15, 0.2) is 47.1 Å². The number of carbonyl (C=O) groups is 1. The molecule has 0 atom stereocenters. The SMILES string of the molecule is COc1cc(N2CCN(C(=O)Cn3nc(C(F)(F)F)cc3-c3ccco3)CC2)ccc1Cl. The molecular weight excluding hydrogens is 449 g/mol. The number of piperazine rings is 1. The van der Waals surface area contributed by atoms with Crippen molar-refractivity contribution >= 4 is 23.2 Å². The average Bonchev–Trinajstić information content (AvgIpc) is 3.44. The number of hydrogen-bond acceptors (Lipinski definition) is 5. The Hall–Kier alpha value is -3.14. The molecule has 1 fully saturated rings. The molecule has 7 nitrogen and oxygen atoms in total. The minimum atomic E-state index is -4.62. The summed E-state index contributed by atoms with van der Waals surface area (Å²) in [7, 11) is 1.54. The lowest BCUT2D eigenvalue weighted by Gasteiger charge is -2.36. The number of nitrogens with zero attached hydrogens (tertiary/aromatic N) is 4. The second-order valence-electron chi connectivity index (χ2n) is 7.23. The van der Waals surface area contributed by atoms with Crippen LogP contribution in [0.2, 0.25) is 5.02 Å². The third kappa shape index (κ3) is 4.55. The van der Waals surface area contributed by atoms with Crippen LogP contribution in [0.4, 0.5) is 18.9 Å². The van der Waals surface area contributed by atoms with Crippen molar-refractivity contribution in [2.75, 3.05) is 38.2 Å². The molecule has 4 rings (SSSR count). The fraction of sp³-hybridized carbons (Fsp3) is 0.333. The largest absolute Gasteiger partial charge is 0.495 e. The van der Waals surface area contributed by atoms with E-state index in [9.17, 15) is 18.0 Å². The van der Waals surface area contributed by atoms with Crippen molar-refractivity contribution in [3.63, 3.8) is 0 Å². The van der Waals surface area contributed by atoms with Crippen molar-refractivity contribution in [3.8, 4) is 17.2 Å². The maximum Gasteiger partial charge on any atom is 0.435 e. The molecule has 3 heterocycles. The molecule has 0 spiro atoms. The topological polar surface area (TPSA) is 63.7 Å². The summed E-state index contributed by atoms with van der Waals surface area (Å²) in [5.74, 6) is 0.456. The molecule has 1 aromatic carbocycles. The molecule has 0 saturated carbocycles. The Labute approximate surface area is 186 Å². The summed E-state index contributed by atoms with van der Waals surface area (Å²) in [5.41, 5.74) is -0.0545. The van der Waals surface area contributed by atoms with Crippen LogP contribution in [0.3, 0.4) is 0 Å². The van der Waals surface area contributed by atoms with E-state index in [1.807, 2.05) is 12.1 Å². The Balaban J connectivity index is 1.45. The van der Waals surface area contributed by atoms with E-state index in [0.29, 0.717) is 37.0 Å². The number of carbonyl (C=O) groups excluding carboxylic acids is 1.